The first kappa shape index (κ1) is 22.7. The zero-order chi connectivity index (χ0) is 21.5. The number of rotatable bonds is 8. The Kier molecular flexibility index (Phi) is 8.22. The van der Waals surface area contributed by atoms with Crippen molar-refractivity contribution in [1.82, 2.24) is 9.80 Å². The fraction of sp³-hybridized carbons (Fsp3) is 0.409. The Bertz CT molecular complexity index is 850. The van der Waals surface area contributed by atoms with Gasteiger partial charge in [0, 0.05) is 45.7 Å². The Labute approximate surface area is 187 Å². The molecule has 2 aromatic carbocycles. The molecule has 2 aromatic rings. The Hall–Kier alpha value is -1.99. The Morgan fingerprint density at radius 1 is 0.967 bits per heavy atom. The Balaban J connectivity index is 1.43. The molecule has 0 spiro atoms. The van der Waals surface area contributed by atoms with Gasteiger partial charge in [-0.3, -0.25) is 9.69 Å². The molecule has 30 heavy (non-hydrogen) atoms. The zero-order valence-electron chi connectivity index (χ0n) is 17.3. The predicted molar refractivity (Wildman–Crippen MR) is 121 cm³/mol. The van der Waals surface area contributed by atoms with E-state index in [2.05, 4.69) is 21.2 Å². The van der Waals surface area contributed by atoms with E-state index in [1.165, 1.54) is 5.56 Å². The van der Waals surface area contributed by atoms with Crippen LogP contribution in [0.4, 0.5) is 5.69 Å². The molecular formula is C22H27Cl2N3O3. The molecule has 1 amide bonds. The van der Waals surface area contributed by atoms with Crippen LogP contribution in [-0.4, -0.2) is 62.7 Å². The number of para-hydroxylation sites is 1. The van der Waals surface area contributed by atoms with Crippen molar-refractivity contribution < 1.29 is 14.3 Å². The molecule has 0 bridgehead atoms. The number of halogens is 2. The number of ether oxygens (including phenoxy) is 2. The third-order valence-electron chi connectivity index (χ3n) is 5.20. The first-order chi connectivity index (χ1) is 14.5. The van der Waals surface area contributed by atoms with Gasteiger partial charge in [0.25, 0.3) is 0 Å². The molecule has 3 rings (SSSR count). The maximum absolute atomic E-state index is 12.3. The summed E-state index contributed by atoms with van der Waals surface area (Å²) < 4.78 is 10.7. The third kappa shape index (κ3) is 6.01. The fourth-order valence-electron chi connectivity index (χ4n) is 3.49. The molecule has 162 valence electrons. The molecule has 0 atom stereocenters. The van der Waals surface area contributed by atoms with E-state index >= 15 is 0 Å². The maximum Gasteiger partial charge on any atom is 0.225 e. The van der Waals surface area contributed by atoms with Crippen LogP contribution in [0, 0.1) is 0 Å². The average molecular weight is 452 g/mol. The SMILES string of the molecule is COc1ccc(CN2CCN(CCC(=O)Nc3c(Cl)cccc3Cl)CC2)cc1OC. The van der Waals surface area contributed by atoms with E-state index in [1.807, 2.05) is 12.1 Å². The van der Waals surface area contributed by atoms with Crippen LogP contribution in [0.15, 0.2) is 36.4 Å². The lowest BCUT2D eigenvalue weighted by Gasteiger charge is -2.34. The van der Waals surface area contributed by atoms with Crippen molar-refractivity contribution in [3.63, 3.8) is 0 Å². The van der Waals surface area contributed by atoms with E-state index in [0.717, 1.165) is 44.2 Å². The lowest BCUT2D eigenvalue weighted by Crippen LogP contribution is -2.46. The van der Waals surface area contributed by atoms with Crippen LogP contribution in [0.1, 0.15) is 12.0 Å². The molecule has 0 unspecified atom stereocenters. The number of carbonyl (C=O) groups excluding carboxylic acids is 1. The molecule has 1 N–H and O–H groups in total. The van der Waals surface area contributed by atoms with Crippen LogP contribution >= 0.6 is 23.2 Å². The average Bonchev–Trinajstić information content (AvgIpc) is 2.76. The van der Waals surface area contributed by atoms with Gasteiger partial charge in [-0.05, 0) is 29.8 Å². The van der Waals surface area contributed by atoms with Crippen molar-refractivity contribution in [3.05, 3.63) is 52.0 Å². The first-order valence-electron chi connectivity index (χ1n) is 9.89. The van der Waals surface area contributed by atoms with Gasteiger partial charge >= 0.3 is 0 Å². The number of nitrogens with zero attached hydrogens (tertiary/aromatic N) is 2. The Morgan fingerprint density at radius 3 is 2.23 bits per heavy atom. The highest BCUT2D eigenvalue weighted by atomic mass is 35.5. The van der Waals surface area contributed by atoms with Gasteiger partial charge < -0.3 is 19.7 Å². The second-order valence-corrected chi connectivity index (χ2v) is 8.02. The lowest BCUT2D eigenvalue weighted by atomic mass is 10.1. The zero-order valence-corrected chi connectivity index (χ0v) is 18.8. The number of methoxy groups -OCH3 is 2. The highest BCUT2D eigenvalue weighted by Gasteiger charge is 2.19. The highest BCUT2D eigenvalue weighted by molar-refractivity contribution is 6.39. The van der Waals surface area contributed by atoms with Gasteiger partial charge in [-0.15, -0.1) is 0 Å². The van der Waals surface area contributed by atoms with E-state index in [0.29, 0.717) is 28.7 Å². The summed E-state index contributed by atoms with van der Waals surface area (Å²) in [5, 5.41) is 3.71. The molecule has 1 heterocycles. The molecule has 0 radical (unpaired) electrons. The minimum atomic E-state index is -0.0854. The van der Waals surface area contributed by atoms with Crippen LogP contribution in [0.3, 0.4) is 0 Å². The smallest absolute Gasteiger partial charge is 0.225 e. The summed E-state index contributed by atoms with van der Waals surface area (Å²) in [6, 6.07) is 11.2. The van der Waals surface area contributed by atoms with E-state index in [4.69, 9.17) is 32.7 Å². The number of hydrogen-bond donors (Lipinski definition) is 1. The summed E-state index contributed by atoms with van der Waals surface area (Å²) in [5.41, 5.74) is 1.67. The largest absolute Gasteiger partial charge is 0.493 e. The molecular weight excluding hydrogens is 425 g/mol. The topological polar surface area (TPSA) is 54.0 Å². The molecule has 1 fully saturated rings. The number of carbonyl (C=O) groups is 1. The van der Waals surface area contributed by atoms with Gasteiger partial charge in [-0.1, -0.05) is 35.3 Å². The van der Waals surface area contributed by atoms with E-state index < -0.39 is 0 Å². The second kappa shape index (κ2) is 10.9. The van der Waals surface area contributed by atoms with Crippen LogP contribution in [0.25, 0.3) is 0 Å². The highest BCUT2D eigenvalue weighted by Crippen LogP contribution is 2.30. The van der Waals surface area contributed by atoms with Gasteiger partial charge in [0.05, 0.1) is 30.0 Å². The van der Waals surface area contributed by atoms with E-state index in [9.17, 15) is 4.79 Å². The molecule has 1 saturated heterocycles. The predicted octanol–water partition coefficient (Wildman–Crippen LogP) is 4.16. The second-order valence-electron chi connectivity index (χ2n) is 7.20. The van der Waals surface area contributed by atoms with E-state index in [1.54, 1.807) is 32.4 Å². The summed E-state index contributed by atoms with van der Waals surface area (Å²) >= 11 is 12.2. The molecule has 0 aliphatic carbocycles. The lowest BCUT2D eigenvalue weighted by molar-refractivity contribution is -0.116. The van der Waals surface area contributed by atoms with Crippen LogP contribution in [0.2, 0.25) is 10.0 Å². The van der Waals surface area contributed by atoms with Gasteiger partial charge in [-0.25, -0.2) is 0 Å². The standard InChI is InChI=1S/C22H27Cl2N3O3/c1-29-19-7-6-16(14-20(19)30-2)15-27-12-10-26(11-13-27)9-8-21(28)25-22-17(23)4-3-5-18(22)24/h3-7,14H,8-13,15H2,1-2H3,(H,25,28). The summed E-state index contributed by atoms with van der Waals surface area (Å²) in [4.78, 5) is 17.0. The van der Waals surface area contributed by atoms with Gasteiger partial charge in [0.1, 0.15) is 0 Å². The summed E-state index contributed by atoms with van der Waals surface area (Å²) in [5.74, 6) is 1.40. The monoisotopic (exact) mass is 451 g/mol. The first-order valence-corrected chi connectivity index (χ1v) is 10.6. The van der Waals surface area contributed by atoms with Crippen molar-refractivity contribution in [2.75, 3.05) is 52.3 Å². The van der Waals surface area contributed by atoms with Crippen molar-refractivity contribution in [1.29, 1.82) is 0 Å². The number of hydrogen-bond acceptors (Lipinski definition) is 5. The molecule has 1 aliphatic heterocycles. The number of amides is 1. The number of benzene rings is 2. The summed E-state index contributed by atoms with van der Waals surface area (Å²) in [6.45, 7) is 5.32. The van der Waals surface area contributed by atoms with Crippen LogP contribution in [0.5, 0.6) is 11.5 Å². The van der Waals surface area contributed by atoms with Crippen molar-refractivity contribution in [3.8, 4) is 11.5 Å². The fourth-order valence-corrected chi connectivity index (χ4v) is 3.98. The number of anilines is 1. The summed E-state index contributed by atoms with van der Waals surface area (Å²) in [6.07, 6.45) is 0.400. The minimum Gasteiger partial charge on any atom is -0.493 e. The van der Waals surface area contributed by atoms with Crippen molar-refractivity contribution in [2.24, 2.45) is 0 Å². The molecule has 0 saturated carbocycles. The third-order valence-corrected chi connectivity index (χ3v) is 5.83. The van der Waals surface area contributed by atoms with Crippen LogP contribution in [-0.2, 0) is 11.3 Å². The van der Waals surface area contributed by atoms with Gasteiger partial charge in [0.15, 0.2) is 11.5 Å². The Morgan fingerprint density at radius 2 is 1.60 bits per heavy atom. The molecule has 8 heteroatoms. The van der Waals surface area contributed by atoms with Gasteiger partial charge in [-0.2, -0.15) is 0 Å². The molecule has 6 nitrogen and oxygen atoms in total. The minimum absolute atomic E-state index is 0.0854. The number of nitrogens with one attached hydrogen (secondary N) is 1. The van der Waals surface area contributed by atoms with Gasteiger partial charge in [0.2, 0.25) is 5.91 Å². The molecule has 0 aromatic heterocycles. The summed E-state index contributed by atoms with van der Waals surface area (Å²) in [7, 11) is 3.29. The van der Waals surface area contributed by atoms with Crippen molar-refractivity contribution in [2.45, 2.75) is 13.0 Å². The van der Waals surface area contributed by atoms with Crippen LogP contribution < -0.4 is 14.8 Å². The van der Waals surface area contributed by atoms with Crippen molar-refractivity contribution >= 4 is 34.8 Å². The maximum atomic E-state index is 12.3. The quantitative estimate of drug-likeness (QED) is 0.652. The molecule has 1 aliphatic rings. The van der Waals surface area contributed by atoms with E-state index in [-0.39, 0.29) is 5.91 Å². The normalized spacial score (nSPS) is 15.1. The number of piperazine rings is 1.